The van der Waals surface area contributed by atoms with Crippen LogP contribution in [-0.4, -0.2) is 39.4 Å². The van der Waals surface area contributed by atoms with Crippen LogP contribution in [0.25, 0.3) is 0 Å². The van der Waals surface area contributed by atoms with Crippen LogP contribution in [0.3, 0.4) is 0 Å². The Morgan fingerprint density at radius 3 is 2.48 bits per heavy atom. The third kappa shape index (κ3) is 3.40. The van der Waals surface area contributed by atoms with Crippen molar-refractivity contribution < 1.29 is 27.8 Å². The number of pyridine rings is 1. The van der Waals surface area contributed by atoms with Crippen molar-refractivity contribution in [3.05, 3.63) is 66.0 Å². The van der Waals surface area contributed by atoms with Crippen LogP contribution < -0.4 is 10.3 Å². The van der Waals surface area contributed by atoms with Crippen molar-refractivity contribution >= 4 is 17.6 Å². The zero-order valence-electron chi connectivity index (χ0n) is 14.2. The third-order valence-electron chi connectivity index (χ3n) is 4.04. The van der Waals surface area contributed by atoms with Gasteiger partial charge in [0.2, 0.25) is 5.91 Å². The molecule has 2 aromatic rings. The summed E-state index contributed by atoms with van der Waals surface area (Å²) in [6, 6.07) is 11.4. The van der Waals surface area contributed by atoms with Crippen molar-refractivity contribution in [1.82, 2.24) is 15.2 Å². The van der Waals surface area contributed by atoms with E-state index in [9.17, 15) is 22.8 Å². The van der Waals surface area contributed by atoms with Crippen LogP contribution >= 0.6 is 0 Å². The lowest BCUT2D eigenvalue weighted by Crippen LogP contribution is -2.96. The molecule has 0 unspecified atom stereocenters. The minimum atomic E-state index is -5.06. The third-order valence-corrected chi connectivity index (χ3v) is 4.04. The Kier molecular flexibility index (Phi) is 4.69. The number of aromatic nitrogens is 1. The maximum absolute atomic E-state index is 13.9. The van der Waals surface area contributed by atoms with Crippen molar-refractivity contribution in [1.29, 1.82) is 0 Å². The van der Waals surface area contributed by atoms with Gasteiger partial charge in [0.25, 0.3) is 5.84 Å². The molecule has 1 aliphatic heterocycles. The van der Waals surface area contributed by atoms with Gasteiger partial charge >= 0.3 is 17.7 Å². The molecular formula is C18H16F3N4O2+. The summed E-state index contributed by atoms with van der Waals surface area (Å²) >= 11 is 0. The molecule has 0 fully saturated rings. The zero-order chi connectivity index (χ0) is 19.7. The van der Waals surface area contributed by atoms with E-state index >= 15 is 0 Å². The van der Waals surface area contributed by atoms with Gasteiger partial charge in [0.1, 0.15) is 6.54 Å². The molecule has 3 rings (SSSR count). The molecule has 1 atom stereocenters. The van der Waals surface area contributed by atoms with E-state index in [2.05, 4.69) is 9.98 Å². The first kappa shape index (κ1) is 18.6. The van der Waals surface area contributed by atoms with Gasteiger partial charge in [-0.15, -0.1) is 0 Å². The number of alkyl halides is 3. The zero-order valence-corrected chi connectivity index (χ0v) is 14.2. The summed E-state index contributed by atoms with van der Waals surface area (Å²) in [6.45, 7) is 0.787. The van der Waals surface area contributed by atoms with Gasteiger partial charge in [-0.2, -0.15) is 18.1 Å². The molecule has 1 aromatic carbocycles. The number of carbonyl (C=O) groups is 2. The van der Waals surface area contributed by atoms with Crippen LogP contribution in [0.1, 0.15) is 18.1 Å². The molecule has 2 heterocycles. The van der Waals surface area contributed by atoms with Crippen LogP contribution in [-0.2, 0) is 16.1 Å². The predicted molar refractivity (Wildman–Crippen MR) is 88.9 cm³/mol. The lowest BCUT2D eigenvalue weighted by molar-refractivity contribution is -0.581. The van der Waals surface area contributed by atoms with Crippen molar-refractivity contribution in [2.75, 3.05) is 0 Å². The fourth-order valence-electron chi connectivity index (χ4n) is 2.86. The molecule has 27 heavy (non-hydrogen) atoms. The number of amidine groups is 1. The van der Waals surface area contributed by atoms with E-state index in [0.29, 0.717) is 11.1 Å². The average Bonchev–Trinajstić information content (AvgIpc) is 2.90. The van der Waals surface area contributed by atoms with Gasteiger partial charge in [-0.1, -0.05) is 24.3 Å². The van der Waals surface area contributed by atoms with Crippen LogP contribution in [0, 0.1) is 0 Å². The van der Waals surface area contributed by atoms with Gasteiger partial charge in [-0.05, 0) is 18.2 Å². The largest absolute Gasteiger partial charge is 0.465 e. The Balaban J connectivity index is 2.13. The lowest BCUT2D eigenvalue weighted by atomic mass is 10.1. The predicted octanol–water partition coefficient (Wildman–Crippen LogP) is 0.346. The first-order chi connectivity index (χ1) is 12.7. The van der Waals surface area contributed by atoms with E-state index in [1.807, 2.05) is 0 Å². The van der Waals surface area contributed by atoms with Crippen molar-refractivity contribution in [2.45, 2.75) is 25.3 Å². The van der Waals surface area contributed by atoms with Gasteiger partial charge in [-0.25, -0.2) is 9.79 Å². The molecule has 0 spiro atoms. The van der Waals surface area contributed by atoms with Crippen molar-refractivity contribution in [3.63, 3.8) is 0 Å². The quantitative estimate of drug-likeness (QED) is 0.807. The first-order valence-corrected chi connectivity index (χ1v) is 8.01. The Bertz CT molecular complexity index is 884. The summed E-state index contributed by atoms with van der Waals surface area (Å²) in [5.41, 5.74) is -2.31. The van der Waals surface area contributed by atoms with Gasteiger partial charge in [-0.3, -0.25) is 15.1 Å². The number of rotatable bonds is 4. The normalized spacial score (nSPS) is 19.8. The van der Waals surface area contributed by atoms with Crippen LogP contribution in [0.5, 0.6) is 0 Å². The number of halogens is 3. The van der Waals surface area contributed by atoms with Gasteiger partial charge in [0.05, 0.1) is 5.56 Å². The van der Waals surface area contributed by atoms with E-state index in [1.165, 1.54) is 12.4 Å². The molecule has 2 amide bonds. The van der Waals surface area contributed by atoms with Crippen LogP contribution in [0.15, 0.2) is 54.9 Å². The van der Waals surface area contributed by atoms with E-state index in [0.717, 1.165) is 11.8 Å². The molecule has 0 saturated heterocycles. The number of amides is 2. The van der Waals surface area contributed by atoms with Crippen LogP contribution in [0.2, 0.25) is 0 Å². The molecule has 140 valence electrons. The Morgan fingerprint density at radius 2 is 1.93 bits per heavy atom. The number of hydrogen-bond donors (Lipinski definition) is 2. The van der Waals surface area contributed by atoms with E-state index in [-0.39, 0.29) is 12.4 Å². The molecule has 2 N–H and O–H groups in total. The van der Waals surface area contributed by atoms with E-state index < -0.39 is 23.7 Å². The summed E-state index contributed by atoms with van der Waals surface area (Å²) in [6.07, 6.45) is -2.08. The van der Waals surface area contributed by atoms with E-state index in [4.69, 9.17) is 0 Å². The number of hydrogen-bond acceptors (Lipinski definition) is 3. The molecule has 1 aliphatic rings. The van der Waals surface area contributed by atoms with Crippen molar-refractivity contribution in [3.8, 4) is 0 Å². The fraction of sp³-hybridized carbons (Fsp3) is 0.222. The molecule has 9 heteroatoms. The summed E-state index contributed by atoms with van der Waals surface area (Å²) in [5.74, 6) is -2.34. The van der Waals surface area contributed by atoms with Crippen LogP contribution in [0.4, 0.5) is 13.2 Å². The van der Waals surface area contributed by atoms with Gasteiger partial charge in [0, 0.05) is 24.9 Å². The highest BCUT2D eigenvalue weighted by Crippen LogP contribution is 2.30. The molecule has 6 nitrogen and oxygen atoms in total. The second kappa shape index (κ2) is 6.82. The van der Waals surface area contributed by atoms with E-state index in [1.54, 1.807) is 47.8 Å². The topological polar surface area (TPSA) is 76.3 Å². The Labute approximate surface area is 152 Å². The monoisotopic (exact) mass is 377 g/mol. The summed E-state index contributed by atoms with van der Waals surface area (Å²) in [4.78, 5) is 31.5. The number of carbonyl (C=O) groups excluding carboxylic acids is 2. The number of nitrogens with one attached hydrogen (secondary N) is 2. The van der Waals surface area contributed by atoms with Gasteiger partial charge in [0.15, 0.2) is 0 Å². The first-order valence-electron chi connectivity index (χ1n) is 8.01. The smallest absolute Gasteiger partial charge is 0.298 e. The molecular weight excluding hydrogens is 361 g/mol. The Hall–Kier alpha value is -3.23. The minimum Gasteiger partial charge on any atom is -0.298 e. The fourth-order valence-corrected chi connectivity index (χ4v) is 2.86. The summed E-state index contributed by atoms with van der Waals surface area (Å²) in [7, 11) is 0. The molecule has 0 radical (unpaired) electrons. The minimum absolute atomic E-state index is 0.0458. The SMILES string of the molecule is CC(=O)N[C@@]1(C(F)(F)F)[NH+]=C(c2ccccc2)N(Cc2cccnc2)C1=O. The standard InChI is InChI=1S/C18H15F3N4O2/c1-12(26)23-17(18(19,20)21)16(27)25(11-13-6-5-9-22-10-13)15(24-17)14-7-3-2-4-8-14/h2-10H,11H2,1H3,(H,23,26)/p+1/t17-/m1/s1. The lowest BCUT2D eigenvalue weighted by Gasteiger charge is -2.24. The number of nitrogens with zero attached hydrogens (tertiary/aromatic N) is 2. The maximum Gasteiger partial charge on any atom is 0.465 e. The van der Waals surface area contributed by atoms with Gasteiger partial charge < -0.3 is 0 Å². The average molecular weight is 377 g/mol. The second-order valence-corrected chi connectivity index (χ2v) is 6.02. The number of benzene rings is 1. The maximum atomic E-state index is 13.9. The highest BCUT2D eigenvalue weighted by atomic mass is 19.4. The highest BCUT2D eigenvalue weighted by Gasteiger charge is 2.72. The molecule has 1 aromatic heterocycles. The molecule has 0 aliphatic carbocycles. The summed E-state index contributed by atoms with van der Waals surface area (Å²) in [5, 5.41) is 1.76. The Morgan fingerprint density at radius 1 is 1.22 bits per heavy atom. The second-order valence-electron chi connectivity index (χ2n) is 6.02. The summed E-state index contributed by atoms with van der Waals surface area (Å²) < 4.78 is 41.6. The highest BCUT2D eigenvalue weighted by molar-refractivity contribution is 6.10. The molecule has 0 saturated carbocycles. The molecule has 0 bridgehead atoms. The van der Waals surface area contributed by atoms with Crippen molar-refractivity contribution in [2.24, 2.45) is 0 Å².